The predicted molar refractivity (Wildman–Crippen MR) is 102 cm³/mol. The molecule has 0 fully saturated rings. The molecule has 1 heterocycles. The summed E-state index contributed by atoms with van der Waals surface area (Å²) in [6.07, 6.45) is 17.4. The SMILES string of the molecule is CCCCCCCCCCCCCCCOc1ccc(C(=O)O)s1. The van der Waals surface area contributed by atoms with Crippen LogP contribution in [0.5, 0.6) is 5.06 Å². The van der Waals surface area contributed by atoms with Crippen LogP contribution in [-0.2, 0) is 0 Å². The van der Waals surface area contributed by atoms with Gasteiger partial charge in [0.2, 0.25) is 0 Å². The van der Waals surface area contributed by atoms with Crippen LogP contribution in [0.4, 0.5) is 0 Å². The molecule has 138 valence electrons. The molecular formula is C20H34O3S. The summed E-state index contributed by atoms with van der Waals surface area (Å²) in [5.74, 6) is -0.879. The largest absolute Gasteiger partial charge is 0.484 e. The highest BCUT2D eigenvalue weighted by Gasteiger charge is 2.07. The second-order valence-electron chi connectivity index (χ2n) is 6.51. The Bertz CT molecular complexity index is 428. The van der Waals surface area contributed by atoms with Crippen molar-refractivity contribution in [3.63, 3.8) is 0 Å². The number of ether oxygens (including phenoxy) is 1. The number of rotatable bonds is 16. The van der Waals surface area contributed by atoms with Crippen molar-refractivity contribution < 1.29 is 14.6 Å². The maximum Gasteiger partial charge on any atom is 0.345 e. The zero-order valence-corrected chi connectivity index (χ0v) is 16.0. The molecule has 0 aromatic carbocycles. The summed E-state index contributed by atoms with van der Waals surface area (Å²) in [7, 11) is 0. The van der Waals surface area contributed by atoms with Gasteiger partial charge < -0.3 is 9.84 Å². The van der Waals surface area contributed by atoms with Gasteiger partial charge in [0.05, 0.1) is 6.61 Å². The standard InChI is InChI=1S/C20H34O3S/c1-2-3-4-5-6-7-8-9-10-11-12-13-14-17-23-19-16-15-18(24-19)20(21)22/h15-16H,2-14,17H2,1H3,(H,21,22). The van der Waals surface area contributed by atoms with Crippen molar-refractivity contribution >= 4 is 17.3 Å². The van der Waals surface area contributed by atoms with E-state index >= 15 is 0 Å². The second kappa shape index (κ2) is 14.3. The average molecular weight is 355 g/mol. The van der Waals surface area contributed by atoms with Gasteiger partial charge in [-0.2, -0.15) is 0 Å². The maximum atomic E-state index is 10.8. The summed E-state index contributed by atoms with van der Waals surface area (Å²) >= 11 is 1.20. The predicted octanol–water partition coefficient (Wildman–Crippen LogP) is 6.92. The molecule has 1 aromatic heterocycles. The number of carboxylic acid groups (broad SMARTS) is 1. The molecule has 0 aliphatic rings. The molecule has 0 spiro atoms. The zero-order valence-electron chi connectivity index (χ0n) is 15.2. The average Bonchev–Trinajstić information content (AvgIpc) is 3.04. The van der Waals surface area contributed by atoms with Crippen LogP contribution in [-0.4, -0.2) is 17.7 Å². The van der Waals surface area contributed by atoms with E-state index in [1.54, 1.807) is 12.1 Å². The summed E-state index contributed by atoms with van der Waals surface area (Å²) in [6, 6.07) is 3.35. The van der Waals surface area contributed by atoms with E-state index in [0.717, 1.165) is 6.42 Å². The van der Waals surface area contributed by atoms with Crippen molar-refractivity contribution in [2.75, 3.05) is 6.61 Å². The van der Waals surface area contributed by atoms with Gasteiger partial charge in [-0.05, 0) is 18.6 Å². The maximum absolute atomic E-state index is 10.8. The molecule has 0 unspecified atom stereocenters. The summed E-state index contributed by atoms with van der Waals surface area (Å²) in [6.45, 7) is 2.96. The van der Waals surface area contributed by atoms with Crippen LogP contribution in [0.2, 0.25) is 0 Å². The molecule has 3 nitrogen and oxygen atoms in total. The molecule has 0 saturated heterocycles. The molecule has 0 bridgehead atoms. The van der Waals surface area contributed by atoms with Crippen molar-refractivity contribution in [1.29, 1.82) is 0 Å². The molecule has 0 aliphatic heterocycles. The number of carboxylic acids is 1. The van der Waals surface area contributed by atoms with E-state index in [-0.39, 0.29) is 0 Å². The van der Waals surface area contributed by atoms with Crippen molar-refractivity contribution in [2.45, 2.75) is 90.4 Å². The van der Waals surface area contributed by atoms with Crippen LogP contribution in [0.3, 0.4) is 0 Å². The third-order valence-electron chi connectivity index (χ3n) is 4.28. The van der Waals surface area contributed by atoms with E-state index in [4.69, 9.17) is 9.84 Å². The number of hydrogen-bond donors (Lipinski definition) is 1. The van der Waals surface area contributed by atoms with Gasteiger partial charge in [0.1, 0.15) is 4.88 Å². The second-order valence-corrected chi connectivity index (χ2v) is 7.56. The van der Waals surface area contributed by atoms with Gasteiger partial charge in [-0.15, -0.1) is 0 Å². The number of hydrogen-bond acceptors (Lipinski definition) is 3. The molecule has 0 amide bonds. The van der Waals surface area contributed by atoms with Crippen LogP contribution in [0.25, 0.3) is 0 Å². The Morgan fingerprint density at radius 2 is 1.38 bits per heavy atom. The highest BCUT2D eigenvalue weighted by molar-refractivity contribution is 7.15. The lowest BCUT2D eigenvalue weighted by Crippen LogP contribution is -1.95. The summed E-state index contributed by atoms with van der Waals surface area (Å²) in [5.41, 5.74) is 0. The molecule has 0 radical (unpaired) electrons. The number of thiophene rings is 1. The molecule has 0 atom stereocenters. The highest BCUT2D eigenvalue weighted by Crippen LogP contribution is 2.24. The molecule has 24 heavy (non-hydrogen) atoms. The van der Waals surface area contributed by atoms with Crippen LogP contribution >= 0.6 is 11.3 Å². The van der Waals surface area contributed by atoms with Crippen molar-refractivity contribution in [3.8, 4) is 5.06 Å². The van der Waals surface area contributed by atoms with Crippen LogP contribution in [0.1, 0.15) is 100 Å². The fraction of sp³-hybridized carbons (Fsp3) is 0.750. The molecule has 1 N–H and O–H groups in total. The fourth-order valence-electron chi connectivity index (χ4n) is 2.81. The van der Waals surface area contributed by atoms with Gasteiger partial charge in [-0.3, -0.25) is 0 Å². The molecule has 4 heteroatoms. The Morgan fingerprint density at radius 1 is 0.875 bits per heavy atom. The monoisotopic (exact) mass is 354 g/mol. The molecule has 0 aliphatic carbocycles. The van der Waals surface area contributed by atoms with Crippen molar-refractivity contribution in [1.82, 2.24) is 0 Å². The van der Waals surface area contributed by atoms with Gasteiger partial charge in [-0.25, -0.2) is 4.79 Å². The highest BCUT2D eigenvalue weighted by atomic mass is 32.1. The number of carbonyl (C=O) groups is 1. The van der Waals surface area contributed by atoms with Gasteiger partial charge in [0.25, 0.3) is 0 Å². The van der Waals surface area contributed by atoms with Gasteiger partial charge in [0.15, 0.2) is 5.06 Å². The first-order chi connectivity index (χ1) is 11.7. The minimum Gasteiger partial charge on any atom is -0.484 e. The molecule has 1 aromatic rings. The normalized spacial score (nSPS) is 10.9. The summed E-state index contributed by atoms with van der Waals surface area (Å²) < 4.78 is 5.59. The summed E-state index contributed by atoms with van der Waals surface area (Å²) in [4.78, 5) is 11.1. The minimum absolute atomic E-state index is 0.343. The first-order valence-corrected chi connectivity index (χ1v) is 10.5. The number of unbranched alkanes of at least 4 members (excludes halogenated alkanes) is 12. The lowest BCUT2D eigenvalue weighted by Gasteiger charge is -2.04. The molecule has 0 saturated carbocycles. The Hall–Kier alpha value is -1.03. The van der Waals surface area contributed by atoms with Gasteiger partial charge in [0, 0.05) is 0 Å². The Kier molecular flexibility index (Phi) is 12.5. The lowest BCUT2D eigenvalue weighted by atomic mass is 10.0. The van der Waals surface area contributed by atoms with Crippen LogP contribution < -0.4 is 4.74 Å². The first kappa shape index (κ1) is 21.0. The lowest BCUT2D eigenvalue weighted by molar-refractivity contribution is 0.0702. The van der Waals surface area contributed by atoms with Crippen LogP contribution in [0.15, 0.2) is 12.1 Å². The quantitative estimate of drug-likeness (QED) is 0.328. The Labute approximate surface area is 151 Å². The third kappa shape index (κ3) is 10.7. The summed E-state index contributed by atoms with van der Waals surface area (Å²) in [5, 5.41) is 9.56. The Morgan fingerprint density at radius 3 is 1.83 bits per heavy atom. The van der Waals surface area contributed by atoms with Gasteiger partial charge in [-0.1, -0.05) is 95.3 Å². The van der Waals surface area contributed by atoms with Crippen molar-refractivity contribution in [2.24, 2.45) is 0 Å². The first-order valence-electron chi connectivity index (χ1n) is 9.70. The smallest absolute Gasteiger partial charge is 0.345 e. The van der Waals surface area contributed by atoms with Crippen molar-refractivity contribution in [3.05, 3.63) is 17.0 Å². The minimum atomic E-state index is -0.879. The number of aromatic carboxylic acids is 1. The van der Waals surface area contributed by atoms with Crippen LogP contribution in [0, 0.1) is 0 Å². The van der Waals surface area contributed by atoms with E-state index in [1.165, 1.54) is 88.4 Å². The molecule has 1 rings (SSSR count). The van der Waals surface area contributed by atoms with E-state index in [0.29, 0.717) is 16.5 Å². The van der Waals surface area contributed by atoms with E-state index < -0.39 is 5.97 Å². The zero-order chi connectivity index (χ0) is 17.5. The van der Waals surface area contributed by atoms with E-state index in [2.05, 4.69) is 6.92 Å². The van der Waals surface area contributed by atoms with Gasteiger partial charge >= 0.3 is 5.97 Å². The van der Waals surface area contributed by atoms with E-state index in [1.807, 2.05) is 0 Å². The molecular weight excluding hydrogens is 320 g/mol. The fourth-order valence-corrected chi connectivity index (χ4v) is 3.52. The Balaban J connectivity index is 1.81. The topological polar surface area (TPSA) is 46.5 Å². The third-order valence-corrected chi connectivity index (χ3v) is 5.27. The van der Waals surface area contributed by atoms with E-state index in [9.17, 15) is 4.79 Å².